The zero-order chi connectivity index (χ0) is 38.6. The highest BCUT2D eigenvalue weighted by atomic mass is 15.1. The fraction of sp³-hybridized carbons (Fsp3) is 0.298. The Morgan fingerprint density at radius 1 is 0.517 bits per heavy atom. The van der Waals surface area contributed by atoms with E-state index in [2.05, 4.69) is 164 Å². The largest absolute Gasteiger partial charge is 0.310 e. The summed E-state index contributed by atoms with van der Waals surface area (Å²) in [7, 11) is 0. The van der Waals surface area contributed by atoms with Crippen molar-refractivity contribution in [3.05, 3.63) is 172 Å². The molecule has 4 saturated carbocycles. The first-order chi connectivity index (χ1) is 28.4. The van der Waals surface area contributed by atoms with Gasteiger partial charge in [-0.2, -0.15) is 0 Å². The second-order valence-corrected chi connectivity index (χ2v) is 19.4. The van der Waals surface area contributed by atoms with Gasteiger partial charge >= 0.3 is 0 Å². The molecule has 0 spiro atoms. The van der Waals surface area contributed by atoms with Crippen LogP contribution in [0.5, 0.6) is 0 Å². The summed E-state index contributed by atoms with van der Waals surface area (Å²) in [5, 5.41) is 0. The van der Waals surface area contributed by atoms with Crippen LogP contribution in [0.2, 0.25) is 0 Å². The van der Waals surface area contributed by atoms with Gasteiger partial charge in [0.15, 0.2) is 0 Å². The minimum absolute atomic E-state index is 0.0714. The van der Waals surface area contributed by atoms with Crippen molar-refractivity contribution in [2.24, 2.45) is 17.8 Å². The van der Waals surface area contributed by atoms with Crippen molar-refractivity contribution < 1.29 is 0 Å². The Bertz CT molecular complexity index is 2610. The Balaban J connectivity index is 0.887. The van der Waals surface area contributed by atoms with Crippen LogP contribution in [-0.4, -0.2) is 0 Å². The molecule has 7 aliphatic carbocycles. The van der Waals surface area contributed by atoms with E-state index in [1.54, 1.807) is 11.1 Å². The zero-order valence-electron chi connectivity index (χ0n) is 34.1. The molecule has 0 atom stereocenters. The molecule has 1 heteroatoms. The molecule has 4 fully saturated rings. The molecule has 6 aromatic rings. The van der Waals surface area contributed by atoms with Gasteiger partial charge in [-0.1, -0.05) is 129 Å². The van der Waals surface area contributed by atoms with Crippen LogP contribution in [0.3, 0.4) is 0 Å². The summed E-state index contributed by atoms with van der Waals surface area (Å²) in [4.78, 5) is 2.54. The van der Waals surface area contributed by atoms with Gasteiger partial charge in [-0.15, -0.1) is 0 Å². The third-order valence-electron chi connectivity index (χ3n) is 15.6. The molecule has 13 rings (SSSR count). The maximum Gasteiger partial charge on any atom is 0.0542 e. The van der Waals surface area contributed by atoms with Crippen molar-refractivity contribution in [2.45, 2.75) is 88.9 Å². The lowest BCUT2D eigenvalue weighted by Gasteiger charge is -2.57. The normalized spacial score (nSPS) is 23.9. The SMILES string of the molecule is CC1(C)c2ccccc2-c2ccc(N(c3ccc(-c4ccc(-c5ccc(C67CC8CC(CC(C8)C6)C7)cc5)cc4)cc3)c3cc4c(c5c3C=CCC5)CCC=C4)cc21. The molecule has 0 amide bonds. The molecule has 0 radical (unpaired) electrons. The summed E-state index contributed by atoms with van der Waals surface area (Å²) in [5.41, 5.74) is 22.2. The lowest BCUT2D eigenvalue weighted by Crippen LogP contribution is -2.48. The van der Waals surface area contributed by atoms with Crippen LogP contribution in [0, 0.1) is 17.8 Å². The summed E-state index contributed by atoms with van der Waals surface area (Å²) in [6.07, 6.45) is 22.8. The maximum absolute atomic E-state index is 2.54. The predicted octanol–water partition coefficient (Wildman–Crippen LogP) is 15.2. The second-order valence-electron chi connectivity index (χ2n) is 19.4. The lowest BCUT2D eigenvalue weighted by molar-refractivity contribution is -0.00518. The average Bonchev–Trinajstić information content (AvgIpc) is 3.49. The monoisotopic (exact) mass is 751 g/mol. The lowest BCUT2D eigenvalue weighted by atomic mass is 9.48. The van der Waals surface area contributed by atoms with Gasteiger partial charge in [-0.25, -0.2) is 0 Å². The van der Waals surface area contributed by atoms with E-state index in [1.165, 1.54) is 117 Å². The first-order valence-corrected chi connectivity index (χ1v) is 22.3. The zero-order valence-corrected chi connectivity index (χ0v) is 34.1. The average molecular weight is 752 g/mol. The Morgan fingerprint density at radius 3 is 1.74 bits per heavy atom. The number of hydrogen-bond donors (Lipinski definition) is 0. The highest BCUT2D eigenvalue weighted by Crippen LogP contribution is 2.61. The van der Waals surface area contributed by atoms with Crippen molar-refractivity contribution in [1.29, 1.82) is 0 Å². The number of nitrogens with zero attached hydrogens (tertiary/aromatic N) is 1. The highest BCUT2D eigenvalue weighted by molar-refractivity contribution is 5.90. The molecule has 1 nitrogen and oxygen atoms in total. The van der Waals surface area contributed by atoms with Crippen molar-refractivity contribution in [1.82, 2.24) is 0 Å². The molecule has 0 aromatic heterocycles. The molecule has 6 aromatic carbocycles. The summed E-state index contributed by atoms with van der Waals surface area (Å²) in [6.45, 7) is 4.77. The van der Waals surface area contributed by atoms with Crippen LogP contribution in [0.25, 0.3) is 45.5 Å². The highest BCUT2D eigenvalue weighted by Gasteiger charge is 2.51. The number of rotatable bonds is 6. The van der Waals surface area contributed by atoms with Crippen molar-refractivity contribution >= 4 is 29.2 Å². The first kappa shape index (κ1) is 34.6. The van der Waals surface area contributed by atoms with Gasteiger partial charge in [0.1, 0.15) is 0 Å². The smallest absolute Gasteiger partial charge is 0.0542 e. The summed E-state index contributed by atoms with van der Waals surface area (Å²) < 4.78 is 0. The van der Waals surface area contributed by atoms with Gasteiger partial charge in [0, 0.05) is 22.4 Å². The van der Waals surface area contributed by atoms with E-state index in [4.69, 9.17) is 0 Å². The second kappa shape index (κ2) is 13.1. The van der Waals surface area contributed by atoms with E-state index in [1.807, 2.05) is 0 Å². The van der Waals surface area contributed by atoms with Crippen molar-refractivity contribution in [2.75, 3.05) is 4.90 Å². The topological polar surface area (TPSA) is 3.24 Å². The molecule has 0 N–H and O–H groups in total. The molecule has 58 heavy (non-hydrogen) atoms. The minimum Gasteiger partial charge on any atom is -0.310 e. The van der Waals surface area contributed by atoms with Gasteiger partial charge in [0.05, 0.1) is 5.69 Å². The maximum atomic E-state index is 2.54. The van der Waals surface area contributed by atoms with E-state index < -0.39 is 0 Å². The van der Waals surface area contributed by atoms with E-state index >= 15 is 0 Å². The van der Waals surface area contributed by atoms with E-state index in [0.717, 1.165) is 43.4 Å². The predicted molar refractivity (Wildman–Crippen MR) is 244 cm³/mol. The number of fused-ring (bicyclic) bond motifs is 6. The fourth-order valence-electron chi connectivity index (χ4n) is 13.2. The molecule has 0 heterocycles. The summed E-state index contributed by atoms with van der Waals surface area (Å²) >= 11 is 0. The van der Waals surface area contributed by atoms with Crippen LogP contribution >= 0.6 is 0 Å². The van der Waals surface area contributed by atoms with Gasteiger partial charge in [0.25, 0.3) is 0 Å². The first-order valence-electron chi connectivity index (χ1n) is 22.3. The Kier molecular flexibility index (Phi) is 7.79. The van der Waals surface area contributed by atoms with Gasteiger partial charge < -0.3 is 4.90 Å². The molecule has 286 valence electrons. The minimum atomic E-state index is -0.0714. The van der Waals surface area contributed by atoms with E-state index in [0.29, 0.717) is 5.41 Å². The number of allylic oxidation sites excluding steroid dienone is 2. The molecular formula is C57H53N. The van der Waals surface area contributed by atoms with Crippen molar-refractivity contribution in [3.63, 3.8) is 0 Å². The molecule has 0 unspecified atom stereocenters. The molecule has 4 bridgehead atoms. The standard InChI is InChI=1S/C57H53N/c1-56(2)53-14-8-7-12-50(53)51-28-27-47(33-54(51)56)58(55-32-44-9-3-4-10-48(44)49-11-5-6-13-52(49)55)46-25-21-43(22-26-46)41-17-15-40(16-18-41)42-19-23-45(24-20-42)57-34-37-29-38(35-57)31-39(30-37)36-57/h3,6-9,12-28,32-33,37-39H,4-5,10-11,29-31,34-36H2,1-2H3. The quantitative estimate of drug-likeness (QED) is 0.164. The van der Waals surface area contributed by atoms with Crippen LogP contribution in [0.4, 0.5) is 17.1 Å². The van der Waals surface area contributed by atoms with Crippen LogP contribution in [-0.2, 0) is 23.7 Å². The van der Waals surface area contributed by atoms with Crippen molar-refractivity contribution in [3.8, 4) is 33.4 Å². The van der Waals surface area contributed by atoms with Gasteiger partial charge in [-0.3, -0.25) is 0 Å². The number of anilines is 3. The Labute approximate surface area is 345 Å². The Morgan fingerprint density at radius 2 is 1.07 bits per heavy atom. The van der Waals surface area contributed by atoms with Crippen LogP contribution < -0.4 is 4.90 Å². The molecule has 0 saturated heterocycles. The van der Waals surface area contributed by atoms with Crippen LogP contribution in [0.1, 0.15) is 104 Å². The van der Waals surface area contributed by atoms with E-state index in [9.17, 15) is 0 Å². The van der Waals surface area contributed by atoms with Gasteiger partial charge in [-0.05, 0) is 184 Å². The Hall–Kier alpha value is -5.40. The summed E-state index contributed by atoms with van der Waals surface area (Å²) in [5.74, 6) is 2.93. The number of benzene rings is 6. The van der Waals surface area contributed by atoms with E-state index in [-0.39, 0.29) is 5.41 Å². The number of hydrogen-bond acceptors (Lipinski definition) is 1. The fourth-order valence-corrected chi connectivity index (χ4v) is 13.2. The molecular weight excluding hydrogens is 699 g/mol. The molecule has 7 aliphatic rings. The third-order valence-corrected chi connectivity index (χ3v) is 15.6. The third kappa shape index (κ3) is 5.42. The van der Waals surface area contributed by atoms with Gasteiger partial charge in [0.2, 0.25) is 0 Å². The van der Waals surface area contributed by atoms with Crippen LogP contribution in [0.15, 0.2) is 133 Å². The molecule has 0 aliphatic heterocycles. The summed E-state index contributed by atoms with van der Waals surface area (Å²) in [6, 6.07) is 47.0.